The third-order valence-electron chi connectivity index (χ3n) is 11.1. The molecule has 39 heavy (non-hydrogen) atoms. The van der Waals surface area contributed by atoms with Gasteiger partial charge in [-0.25, -0.2) is 0 Å². The van der Waals surface area contributed by atoms with Gasteiger partial charge in [0.2, 0.25) is 0 Å². The Kier molecular flexibility index (Phi) is 6.11. The molecule has 6 heteroatoms. The smallest absolute Gasteiger partial charge is 0.254 e. The summed E-state index contributed by atoms with van der Waals surface area (Å²) in [6, 6.07) is 0. The minimum absolute atomic E-state index is 0.00657. The summed E-state index contributed by atoms with van der Waals surface area (Å²) < 4.78 is 13.8. The van der Waals surface area contributed by atoms with Crippen molar-refractivity contribution in [2.75, 3.05) is 27.2 Å². The fourth-order valence-electron chi connectivity index (χ4n) is 8.40. The molecule has 0 radical (unpaired) electrons. The number of rotatable bonds is 5. The van der Waals surface area contributed by atoms with Crippen LogP contribution in [0.1, 0.15) is 99.7 Å². The van der Waals surface area contributed by atoms with Gasteiger partial charge >= 0.3 is 0 Å². The SMILES string of the molecule is CCc1c2c(c(C)c3c1OC(C)(C14CCC(N(C)C)(CC1)CC4)O3)C(=O)N(CC1=C(C)C=C(C)CC1=O)CC2. The number of benzene rings is 1. The molecule has 0 aromatic heterocycles. The highest BCUT2D eigenvalue weighted by atomic mass is 16.7. The fourth-order valence-corrected chi connectivity index (χ4v) is 8.40. The predicted octanol–water partition coefficient (Wildman–Crippen LogP) is 5.93. The zero-order valence-electron chi connectivity index (χ0n) is 24.9. The lowest BCUT2D eigenvalue weighted by Crippen LogP contribution is -2.62. The van der Waals surface area contributed by atoms with Crippen LogP contribution in [-0.2, 0) is 17.6 Å². The van der Waals surface area contributed by atoms with Crippen molar-refractivity contribution in [3.8, 4) is 11.5 Å². The number of fused-ring (bicyclic) bond motifs is 5. The van der Waals surface area contributed by atoms with Crippen molar-refractivity contribution in [1.82, 2.24) is 9.80 Å². The molecule has 1 atom stereocenters. The first kappa shape index (κ1) is 26.6. The quantitative estimate of drug-likeness (QED) is 0.470. The molecule has 3 saturated carbocycles. The number of hydrogen-bond acceptors (Lipinski definition) is 5. The Morgan fingerprint density at radius 2 is 1.62 bits per heavy atom. The molecule has 7 rings (SSSR count). The Morgan fingerprint density at radius 3 is 2.21 bits per heavy atom. The van der Waals surface area contributed by atoms with Crippen LogP contribution < -0.4 is 9.47 Å². The average molecular weight is 533 g/mol. The van der Waals surface area contributed by atoms with E-state index in [0.717, 1.165) is 82.6 Å². The summed E-state index contributed by atoms with van der Waals surface area (Å²) >= 11 is 0. The molecule has 1 aromatic rings. The minimum atomic E-state index is -0.726. The van der Waals surface area contributed by atoms with Gasteiger partial charge in [-0.1, -0.05) is 18.6 Å². The van der Waals surface area contributed by atoms with Gasteiger partial charge in [0.1, 0.15) is 0 Å². The van der Waals surface area contributed by atoms with E-state index in [1.54, 1.807) is 0 Å². The van der Waals surface area contributed by atoms with Crippen LogP contribution in [0.25, 0.3) is 0 Å². The van der Waals surface area contributed by atoms with E-state index in [0.29, 0.717) is 25.0 Å². The van der Waals surface area contributed by atoms with Crippen LogP contribution >= 0.6 is 0 Å². The van der Waals surface area contributed by atoms with Crippen LogP contribution in [0.2, 0.25) is 0 Å². The summed E-state index contributed by atoms with van der Waals surface area (Å²) in [6.07, 6.45) is 10.9. The first-order valence-electron chi connectivity index (χ1n) is 14.9. The highest BCUT2D eigenvalue weighted by Gasteiger charge is 2.62. The second-order valence-electron chi connectivity index (χ2n) is 13.2. The Bertz CT molecular complexity index is 1310. The summed E-state index contributed by atoms with van der Waals surface area (Å²) in [4.78, 5) is 31.1. The highest BCUT2D eigenvalue weighted by Crippen LogP contribution is 2.63. The van der Waals surface area contributed by atoms with Gasteiger partial charge in [0.25, 0.3) is 11.7 Å². The molecule has 6 aliphatic rings. The molecule has 1 aromatic carbocycles. The van der Waals surface area contributed by atoms with Gasteiger partial charge in [0.05, 0.1) is 0 Å². The van der Waals surface area contributed by atoms with Crippen LogP contribution in [0.3, 0.4) is 0 Å². The second kappa shape index (κ2) is 8.95. The van der Waals surface area contributed by atoms with E-state index in [9.17, 15) is 9.59 Å². The normalized spacial score (nSPS) is 31.8. The Balaban J connectivity index is 1.33. The number of allylic oxidation sites excluding steroid dienone is 3. The highest BCUT2D eigenvalue weighted by molar-refractivity contribution is 6.03. The number of nitrogens with zero attached hydrogens (tertiary/aromatic N) is 2. The maximum absolute atomic E-state index is 14.0. The molecule has 6 nitrogen and oxygen atoms in total. The number of hydrogen-bond donors (Lipinski definition) is 0. The average Bonchev–Trinajstić information content (AvgIpc) is 3.28. The number of amides is 1. The van der Waals surface area contributed by atoms with Gasteiger partial charge in [-0.15, -0.1) is 0 Å². The minimum Gasteiger partial charge on any atom is -0.448 e. The molecule has 0 N–H and O–H groups in total. The van der Waals surface area contributed by atoms with Gasteiger partial charge < -0.3 is 19.3 Å². The van der Waals surface area contributed by atoms with E-state index >= 15 is 0 Å². The van der Waals surface area contributed by atoms with E-state index < -0.39 is 5.79 Å². The van der Waals surface area contributed by atoms with Gasteiger partial charge in [-0.05, 0) is 97.4 Å². The first-order chi connectivity index (χ1) is 18.4. The van der Waals surface area contributed by atoms with Crippen LogP contribution in [0.5, 0.6) is 11.5 Å². The van der Waals surface area contributed by atoms with Gasteiger partial charge in [-0.2, -0.15) is 0 Å². The Labute approximate surface area is 233 Å². The van der Waals surface area contributed by atoms with Crippen molar-refractivity contribution in [3.05, 3.63) is 45.0 Å². The molecule has 2 aliphatic heterocycles. The van der Waals surface area contributed by atoms with Crippen molar-refractivity contribution >= 4 is 11.7 Å². The van der Waals surface area contributed by atoms with Crippen LogP contribution in [0.15, 0.2) is 22.8 Å². The van der Waals surface area contributed by atoms with Gasteiger partial charge in [0, 0.05) is 59.7 Å². The molecule has 1 unspecified atom stereocenters. The van der Waals surface area contributed by atoms with Crippen molar-refractivity contribution in [3.63, 3.8) is 0 Å². The summed E-state index contributed by atoms with van der Waals surface area (Å²) in [6.45, 7) is 11.3. The molecule has 2 heterocycles. The van der Waals surface area contributed by atoms with E-state index in [4.69, 9.17) is 9.47 Å². The molecule has 3 fully saturated rings. The zero-order chi connectivity index (χ0) is 27.9. The fraction of sp³-hybridized carbons (Fsp3) is 0.636. The van der Waals surface area contributed by atoms with E-state index in [1.807, 2.05) is 25.7 Å². The van der Waals surface area contributed by atoms with Crippen molar-refractivity contribution in [1.29, 1.82) is 0 Å². The molecule has 210 valence electrons. The number of Topliss-reactive ketones (excluding diaryl/α,β-unsaturated/α-hetero) is 1. The monoisotopic (exact) mass is 532 g/mol. The first-order valence-corrected chi connectivity index (χ1v) is 14.9. The van der Waals surface area contributed by atoms with Crippen molar-refractivity contribution in [2.24, 2.45) is 5.41 Å². The van der Waals surface area contributed by atoms with Crippen LogP contribution in [0, 0.1) is 12.3 Å². The van der Waals surface area contributed by atoms with E-state index in [2.05, 4.69) is 38.9 Å². The number of carbonyl (C=O) groups excluding carboxylic acids is 2. The lowest BCUT2D eigenvalue weighted by Gasteiger charge is -2.59. The lowest BCUT2D eigenvalue weighted by atomic mass is 9.54. The standard InChI is InChI=1S/C33H44N2O4/c1-8-23-24-9-16-35(19-25-21(3)17-20(2)18-26(25)36)30(37)27(24)22(4)28-29(23)39-31(5,38-28)32-10-13-33(14-11-32,15-12-32)34(6)7/h17H,8-16,18-19H2,1-7H3. The number of carbonyl (C=O) groups is 2. The number of ether oxygens (including phenoxy) is 2. The van der Waals surface area contributed by atoms with Crippen molar-refractivity contribution in [2.45, 2.75) is 104 Å². The van der Waals surface area contributed by atoms with E-state index in [-0.39, 0.29) is 17.1 Å². The van der Waals surface area contributed by atoms with Gasteiger partial charge in [0.15, 0.2) is 17.3 Å². The second-order valence-corrected chi connectivity index (χ2v) is 13.2. The summed E-state index contributed by atoms with van der Waals surface area (Å²) in [7, 11) is 4.44. The summed E-state index contributed by atoms with van der Waals surface area (Å²) in [5.74, 6) is 1.04. The molecular weight excluding hydrogens is 488 g/mol. The summed E-state index contributed by atoms with van der Waals surface area (Å²) in [5.41, 5.74) is 6.99. The lowest BCUT2D eigenvalue weighted by molar-refractivity contribution is -0.212. The summed E-state index contributed by atoms with van der Waals surface area (Å²) in [5, 5.41) is 0. The molecule has 4 aliphatic carbocycles. The van der Waals surface area contributed by atoms with Crippen LogP contribution in [0.4, 0.5) is 0 Å². The predicted molar refractivity (Wildman–Crippen MR) is 152 cm³/mol. The maximum Gasteiger partial charge on any atom is 0.254 e. The molecule has 2 bridgehead atoms. The van der Waals surface area contributed by atoms with Crippen molar-refractivity contribution < 1.29 is 19.1 Å². The maximum atomic E-state index is 14.0. The van der Waals surface area contributed by atoms with Crippen LogP contribution in [-0.4, -0.2) is 60.0 Å². The third-order valence-corrected chi connectivity index (χ3v) is 11.1. The number of ketones is 1. The zero-order valence-corrected chi connectivity index (χ0v) is 24.9. The van der Waals surface area contributed by atoms with E-state index in [1.165, 1.54) is 19.3 Å². The molecule has 0 saturated heterocycles. The molecule has 1 amide bonds. The molecular formula is C33H44N2O4. The largest absolute Gasteiger partial charge is 0.448 e. The van der Waals surface area contributed by atoms with Gasteiger partial charge in [-0.3, -0.25) is 9.59 Å². The topological polar surface area (TPSA) is 59.1 Å². The third kappa shape index (κ3) is 3.77. The molecule has 0 spiro atoms. The Morgan fingerprint density at radius 1 is 0.974 bits per heavy atom. The Hall–Kier alpha value is -2.60.